The van der Waals surface area contributed by atoms with Crippen LogP contribution in [0.25, 0.3) is 0 Å². The summed E-state index contributed by atoms with van der Waals surface area (Å²) in [5, 5.41) is 0. The molecule has 0 aromatic rings. The SMILES string of the molecule is FC(F)(F)CC[C]1CSC=N1. The summed E-state index contributed by atoms with van der Waals surface area (Å²) in [6.07, 6.45) is -4.75. The quantitative estimate of drug-likeness (QED) is 0.639. The molecular formula is C6H7F3NS. The van der Waals surface area contributed by atoms with E-state index in [1.54, 1.807) is 5.55 Å². The van der Waals surface area contributed by atoms with Gasteiger partial charge in [-0.15, -0.1) is 11.8 Å². The normalized spacial score (nSPS) is 19.5. The van der Waals surface area contributed by atoms with E-state index in [1.807, 2.05) is 0 Å². The summed E-state index contributed by atoms with van der Waals surface area (Å²) in [5.41, 5.74) is 1.59. The molecule has 1 aliphatic heterocycles. The maximum absolute atomic E-state index is 11.6. The Balaban J connectivity index is 2.17. The highest BCUT2D eigenvalue weighted by molar-refractivity contribution is 8.12. The fourth-order valence-electron chi connectivity index (χ4n) is 0.705. The second-order valence-corrected chi connectivity index (χ2v) is 3.06. The van der Waals surface area contributed by atoms with Crippen molar-refractivity contribution in [1.82, 2.24) is 0 Å². The monoisotopic (exact) mass is 182 g/mol. The van der Waals surface area contributed by atoms with Gasteiger partial charge in [0.05, 0.1) is 11.6 Å². The summed E-state index contributed by atoms with van der Waals surface area (Å²) in [5.74, 6) is 0.621. The lowest BCUT2D eigenvalue weighted by molar-refractivity contribution is -0.134. The first-order chi connectivity index (χ1) is 5.08. The summed E-state index contributed by atoms with van der Waals surface area (Å²) < 4.78 is 34.9. The van der Waals surface area contributed by atoms with Crippen LogP contribution in [0.15, 0.2) is 4.99 Å². The van der Waals surface area contributed by atoms with Crippen LogP contribution in [0.4, 0.5) is 13.2 Å². The molecule has 1 rings (SSSR count). The molecule has 0 aromatic heterocycles. The van der Waals surface area contributed by atoms with Crippen molar-refractivity contribution in [2.24, 2.45) is 4.99 Å². The zero-order valence-electron chi connectivity index (χ0n) is 5.69. The van der Waals surface area contributed by atoms with Crippen LogP contribution in [0, 0.1) is 6.04 Å². The maximum Gasteiger partial charge on any atom is 0.389 e. The van der Waals surface area contributed by atoms with E-state index in [1.165, 1.54) is 11.8 Å². The first-order valence-corrected chi connectivity index (χ1v) is 4.18. The molecule has 0 spiro atoms. The smallest absolute Gasteiger partial charge is 0.276 e. The second-order valence-electron chi connectivity index (χ2n) is 2.23. The van der Waals surface area contributed by atoms with Crippen molar-refractivity contribution in [3.8, 4) is 0 Å². The largest absolute Gasteiger partial charge is 0.389 e. The lowest BCUT2D eigenvalue weighted by atomic mass is 10.2. The van der Waals surface area contributed by atoms with Gasteiger partial charge in [-0.05, 0) is 6.42 Å². The number of halogens is 3. The summed E-state index contributed by atoms with van der Waals surface area (Å²) in [6.45, 7) is 0. The number of hydrogen-bond acceptors (Lipinski definition) is 2. The van der Waals surface area contributed by atoms with Crippen LogP contribution in [0.5, 0.6) is 0 Å². The lowest BCUT2D eigenvalue weighted by Crippen LogP contribution is -2.09. The molecule has 1 aliphatic rings. The van der Waals surface area contributed by atoms with Gasteiger partial charge in [0.25, 0.3) is 0 Å². The van der Waals surface area contributed by atoms with E-state index in [0.29, 0.717) is 11.8 Å². The van der Waals surface area contributed by atoms with Crippen LogP contribution in [-0.4, -0.2) is 17.5 Å². The average Bonchev–Trinajstić information content (AvgIpc) is 2.32. The molecular weight excluding hydrogens is 175 g/mol. The minimum atomic E-state index is -4.05. The first-order valence-electron chi connectivity index (χ1n) is 3.13. The Labute approximate surface area is 67.1 Å². The number of aliphatic imine (C=N–C) groups is 1. The van der Waals surface area contributed by atoms with Gasteiger partial charge in [0.15, 0.2) is 0 Å². The molecule has 1 nitrogen and oxygen atoms in total. The van der Waals surface area contributed by atoms with Crippen LogP contribution >= 0.6 is 11.8 Å². The Morgan fingerprint density at radius 2 is 2.27 bits per heavy atom. The predicted octanol–water partition coefficient (Wildman–Crippen LogP) is 2.64. The van der Waals surface area contributed by atoms with E-state index in [4.69, 9.17) is 0 Å². The molecule has 1 heterocycles. The summed E-state index contributed by atoms with van der Waals surface area (Å²) in [6, 6.07) is 0.646. The number of nitrogens with zero attached hydrogens (tertiary/aromatic N) is 1. The van der Waals surface area contributed by atoms with Crippen molar-refractivity contribution in [1.29, 1.82) is 0 Å². The van der Waals surface area contributed by atoms with E-state index in [-0.39, 0.29) is 6.42 Å². The Kier molecular flexibility index (Phi) is 2.81. The van der Waals surface area contributed by atoms with E-state index < -0.39 is 12.6 Å². The van der Waals surface area contributed by atoms with Gasteiger partial charge in [0.2, 0.25) is 0 Å². The van der Waals surface area contributed by atoms with Crippen molar-refractivity contribution >= 4 is 17.3 Å². The molecule has 0 aromatic carbocycles. The van der Waals surface area contributed by atoms with Crippen molar-refractivity contribution < 1.29 is 13.2 Å². The second kappa shape index (κ2) is 3.47. The molecule has 0 atom stereocenters. The zero-order chi connectivity index (χ0) is 8.32. The van der Waals surface area contributed by atoms with Gasteiger partial charge >= 0.3 is 6.18 Å². The van der Waals surface area contributed by atoms with Gasteiger partial charge < -0.3 is 0 Å². The molecule has 0 saturated heterocycles. The third kappa shape index (κ3) is 3.65. The van der Waals surface area contributed by atoms with Crippen molar-refractivity contribution in [3.05, 3.63) is 6.04 Å². The minimum absolute atomic E-state index is 0.0486. The molecule has 5 heteroatoms. The number of rotatable bonds is 2. The third-order valence-corrected chi connectivity index (χ3v) is 2.01. The third-order valence-electron chi connectivity index (χ3n) is 1.26. The van der Waals surface area contributed by atoms with Crippen LogP contribution in [0.3, 0.4) is 0 Å². The van der Waals surface area contributed by atoms with E-state index in [0.717, 1.165) is 0 Å². The van der Waals surface area contributed by atoms with Crippen molar-refractivity contribution in [2.75, 3.05) is 5.75 Å². The predicted molar refractivity (Wildman–Crippen MR) is 39.5 cm³/mol. The first kappa shape index (κ1) is 8.90. The number of thioether (sulfide) groups is 1. The van der Waals surface area contributed by atoms with Crippen LogP contribution in [-0.2, 0) is 0 Å². The van der Waals surface area contributed by atoms with Gasteiger partial charge in [-0.1, -0.05) is 0 Å². The van der Waals surface area contributed by atoms with Crippen LogP contribution in [0.2, 0.25) is 0 Å². The molecule has 0 fully saturated rings. The highest BCUT2D eigenvalue weighted by Crippen LogP contribution is 2.29. The lowest BCUT2D eigenvalue weighted by Gasteiger charge is -2.07. The molecule has 1 radical (unpaired) electrons. The van der Waals surface area contributed by atoms with E-state index in [9.17, 15) is 13.2 Å². The molecule has 0 N–H and O–H groups in total. The van der Waals surface area contributed by atoms with Crippen molar-refractivity contribution in [3.63, 3.8) is 0 Å². The Bertz CT molecular complexity index is 154. The molecule has 0 saturated carbocycles. The Morgan fingerprint density at radius 1 is 1.55 bits per heavy atom. The van der Waals surface area contributed by atoms with Gasteiger partial charge in [-0.25, -0.2) is 0 Å². The standard InChI is InChI=1S/C6H7F3NS/c7-6(8,9)2-1-5-3-11-4-10-5/h4H,1-3H2. The van der Waals surface area contributed by atoms with Crippen molar-refractivity contribution in [2.45, 2.75) is 19.0 Å². The van der Waals surface area contributed by atoms with Crippen LogP contribution < -0.4 is 0 Å². The van der Waals surface area contributed by atoms with Gasteiger partial charge in [-0.2, -0.15) is 13.2 Å². The van der Waals surface area contributed by atoms with Crippen LogP contribution in [0.1, 0.15) is 12.8 Å². The van der Waals surface area contributed by atoms with E-state index >= 15 is 0 Å². The molecule has 11 heavy (non-hydrogen) atoms. The van der Waals surface area contributed by atoms with Gasteiger partial charge in [0.1, 0.15) is 0 Å². The fraction of sp³-hybridized carbons (Fsp3) is 0.667. The molecule has 0 bridgehead atoms. The average molecular weight is 182 g/mol. The number of alkyl halides is 3. The topological polar surface area (TPSA) is 12.4 Å². The minimum Gasteiger partial charge on any atom is -0.276 e. The van der Waals surface area contributed by atoms with Gasteiger partial charge in [0, 0.05) is 12.2 Å². The molecule has 0 aliphatic carbocycles. The fourth-order valence-corrected chi connectivity index (χ4v) is 1.41. The van der Waals surface area contributed by atoms with Gasteiger partial charge in [-0.3, -0.25) is 4.99 Å². The molecule has 63 valence electrons. The maximum atomic E-state index is 11.6. The number of hydrogen-bond donors (Lipinski definition) is 0. The van der Waals surface area contributed by atoms with E-state index in [2.05, 4.69) is 4.99 Å². The summed E-state index contributed by atoms with van der Waals surface area (Å²) >= 11 is 1.44. The Morgan fingerprint density at radius 3 is 2.73 bits per heavy atom. The molecule has 0 amide bonds. The zero-order valence-corrected chi connectivity index (χ0v) is 6.50. The Hall–Kier alpha value is -0.190. The molecule has 0 unspecified atom stereocenters. The highest BCUT2D eigenvalue weighted by Gasteiger charge is 2.28. The summed E-state index contributed by atoms with van der Waals surface area (Å²) in [4.78, 5) is 3.79. The highest BCUT2D eigenvalue weighted by atomic mass is 32.2. The summed E-state index contributed by atoms with van der Waals surface area (Å²) in [7, 11) is 0.